The van der Waals surface area contributed by atoms with Crippen LogP contribution in [0.4, 0.5) is 15.8 Å². The van der Waals surface area contributed by atoms with Gasteiger partial charge in [0, 0.05) is 17.1 Å². The van der Waals surface area contributed by atoms with E-state index in [-0.39, 0.29) is 24.0 Å². The molecule has 0 bridgehead atoms. The van der Waals surface area contributed by atoms with Gasteiger partial charge in [-0.2, -0.15) is 0 Å². The largest absolute Gasteiger partial charge is 0.325 e. The molecule has 1 fully saturated rings. The third-order valence-electron chi connectivity index (χ3n) is 3.73. The van der Waals surface area contributed by atoms with Gasteiger partial charge < -0.3 is 5.32 Å². The van der Waals surface area contributed by atoms with Crippen molar-refractivity contribution in [2.45, 2.75) is 11.7 Å². The summed E-state index contributed by atoms with van der Waals surface area (Å²) < 4.78 is 13.0. The SMILES string of the molecule is O=C(CS[C@@H]1CC(=O)N(c2ccc(F)cc2)C1=O)Nc1ccc(Cl)cc1. The molecule has 134 valence electrons. The molecule has 2 aromatic rings. The predicted molar refractivity (Wildman–Crippen MR) is 99.8 cm³/mol. The number of anilines is 2. The second-order valence-corrected chi connectivity index (χ2v) is 7.23. The van der Waals surface area contributed by atoms with Crippen molar-refractivity contribution in [3.8, 4) is 0 Å². The van der Waals surface area contributed by atoms with Crippen molar-refractivity contribution in [3.63, 3.8) is 0 Å². The minimum atomic E-state index is -0.636. The Morgan fingerprint density at radius 3 is 2.46 bits per heavy atom. The Morgan fingerprint density at radius 1 is 1.15 bits per heavy atom. The van der Waals surface area contributed by atoms with Crippen molar-refractivity contribution in [1.29, 1.82) is 0 Å². The third kappa shape index (κ3) is 4.23. The van der Waals surface area contributed by atoms with E-state index >= 15 is 0 Å². The van der Waals surface area contributed by atoms with Gasteiger partial charge in [-0.1, -0.05) is 11.6 Å². The quantitative estimate of drug-likeness (QED) is 0.791. The van der Waals surface area contributed by atoms with E-state index in [0.29, 0.717) is 16.4 Å². The van der Waals surface area contributed by atoms with E-state index in [2.05, 4.69) is 5.32 Å². The normalized spacial score (nSPS) is 16.8. The van der Waals surface area contributed by atoms with Crippen molar-refractivity contribution >= 4 is 52.5 Å². The number of hydrogen-bond donors (Lipinski definition) is 1. The Morgan fingerprint density at radius 2 is 1.81 bits per heavy atom. The van der Waals surface area contributed by atoms with Gasteiger partial charge in [-0.15, -0.1) is 11.8 Å². The van der Waals surface area contributed by atoms with E-state index in [4.69, 9.17) is 11.6 Å². The second-order valence-electron chi connectivity index (χ2n) is 5.60. The van der Waals surface area contributed by atoms with Crippen molar-refractivity contribution in [1.82, 2.24) is 0 Å². The van der Waals surface area contributed by atoms with Crippen LogP contribution in [0.25, 0.3) is 0 Å². The Labute approximate surface area is 158 Å². The van der Waals surface area contributed by atoms with Gasteiger partial charge in [0.1, 0.15) is 5.82 Å². The summed E-state index contributed by atoms with van der Waals surface area (Å²) in [5, 5.41) is 2.63. The molecule has 8 heteroatoms. The van der Waals surface area contributed by atoms with Crippen molar-refractivity contribution < 1.29 is 18.8 Å². The summed E-state index contributed by atoms with van der Waals surface area (Å²) in [5.41, 5.74) is 0.928. The molecule has 0 aliphatic carbocycles. The van der Waals surface area contributed by atoms with Crippen LogP contribution in [-0.4, -0.2) is 28.7 Å². The van der Waals surface area contributed by atoms with Gasteiger partial charge in [-0.25, -0.2) is 9.29 Å². The molecule has 2 aromatic carbocycles. The molecular formula is C18H14ClFN2O3S. The highest BCUT2D eigenvalue weighted by atomic mass is 35.5. The van der Waals surface area contributed by atoms with E-state index in [1.165, 1.54) is 24.3 Å². The molecule has 0 spiro atoms. The summed E-state index contributed by atoms with van der Waals surface area (Å²) in [4.78, 5) is 37.6. The molecule has 0 radical (unpaired) electrons. The maximum atomic E-state index is 13.0. The molecule has 5 nitrogen and oxygen atoms in total. The maximum Gasteiger partial charge on any atom is 0.247 e. The first-order valence-electron chi connectivity index (χ1n) is 7.73. The Bertz CT molecular complexity index is 843. The van der Waals surface area contributed by atoms with E-state index in [9.17, 15) is 18.8 Å². The topological polar surface area (TPSA) is 66.5 Å². The smallest absolute Gasteiger partial charge is 0.247 e. The van der Waals surface area contributed by atoms with Crippen LogP contribution in [0.5, 0.6) is 0 Å². The van der Waals surface area contributed by atoms with Crippen LogP contribution < -0.4 is 10.2 Å². The molecule has 1 aliphatic rings. The van der Waals surface area contributed by atoms with Crippen LogP contribution in [0.2, 0.25) is 5.02 Å². The zero-order valence-corrected chi connectivity index (χ0v) is 15.0. The fourth-order valence-electron chi connectivity index (χ4n) is 2.50. The van der Waals surface area contributed by atoms with Crippen molar-refractivity contribution in [3.05, 3.63) is 59.4 Å². The van der Waals surface area contributed by atoms with E-state index < -0.39 is 17.0 Å². The molecule has 0 unspecified atom stereocenters. The number of rotatable bonds is 5. The first-order chi connectivity index (χ1) is 12.4. The van der Waals surface area contributed by atoms with Gasteiger partial charge in [-0.3, -0.25) is 14.4 Å². The van der Waals surface area contributed by atoms with Gasteiger partial charge >= 0.3 is 0 Å². The van der Waals surface area contributed by atoms with Crippen LogP contribution in [0.15, 0.2) is 48.5 Å². The van der Waals surface area contributed by atoms with Crippen LogP contribution in [0, 0.1) is 5.82 Å². The van der Waals surface area contributed by atoms with Crippen LogP contribution in [0.3, 0.4) is 0 Å². The lowest BCUT2D eigenvalue weighted by molar-refractivity contribution is -0.121. The number of imide groups is 1. The molecule has 3 rings (SSSR count). The Hall–Kier alpha value is -2.38. The zero-order chi connectivity index (χ0) is 18.7. The minimum absolute atomic E-state index is 0.00903. The number of halogens is 2. The second kappa shape index (κ2) is 7.88. The van der Waals surface area contributed by atoms with Crippen molar-refractivity contribution in [2.75, 3.05) is 16.0 Å². The van der Waals surface area contributed by atoms with Crippen LogP contribution in [0.1, 0.15) is 6.42 Å². The molecule has 1 N–H and O–H groups in total. The van der Waals surface area contributed by atoms with Gasteiger partial charge in [0.2, 0.25) is 17.7 Å². The standard InChI is InChI=1S/C18H14ClFN2O3S/c19-11-1-5-13(6-2-11)21-16(23)10-26-15-9-17(24)22(18(15)25)14-7-3-12(20)4-8-14/h1-8,15H,9-10H2,(H,21,23)/t15-/m1/s1. The van der Waals surface area contributed by atoms with Crippen LogP contribution >= 0.6 is 23.4 Å². The van der Waals surface area contributed by atoms with Crippen molar-refractivity contribution in [2.24, 2.45) is 0 Å². The molecule has 1 atom stereocenters. The highest BCUT2D eigenvalue weighted by molar-refractivity contribution is 8.01. The summed E-state index contributed by atoms with van der Waals surface area (Å²) in [6.45, 7) is 0. The predicted octanol–water partition coefficient (Wildman–Crippen LogP) is 3.48. The number of nitrogens with zero attached hydrogens (tertiary/aromatic N) is 1. The van der Waals surface area contributed by atoms with E-state index in [0.717, 1.165) is 16.7 Å². The Kier molecular flexibility index (Phi) is 5.58. The summed E-state index contributed by atoms with van der Waals surface area (Å²) in [7, 11) is 0. The first-order valence-corrected chi connectivity index (χ1v) is 9.16. The fraction of sp³-hybridized carbons (Fsp3) is 0.167. The molecule has 3 amide bonds. The van der Waals surface area contributed by atoms with E-state index in [1.54, 1.807) is 24.3 Å². The number of benzene rings is 2. The molecule has 0 aromatic heterocycles. The third-order valence-corrected chi connectivity index (χ3v) is 5.19. The summed E-state index contributed by atoms with van der Waals surface area (Å²) >= 11 is 6.89. The number of carbonyl (C=O) groups is 3. The summed E-state index contributed by atoms with van der Waals surface area (Å²) in [6.07, 6.45) is 0.00903. The number of nitrogens with one attached hydrogen (secondary N) is 1. The molecule has 1 aliphatic heterocycles. The maximum absolute atomic E-state index is 13.0. The van der Waals surface area contributed by atoms with Gasteiger partial charge in [0.25, 0.3) is 0 Å². The van der Waals surface area contributed by atoms with Gasteiger partial charge in [0.05, 0.1) is 16.7 Å². The number of amides is 3. The lowest BCUT2D eigenvalue weighted by Crippen LogP contribution is -2.31. The molecule has 26 heavy (non-hydrogen) atoms. The molecule has 1 saturated heterocycles. The molecule has 0 saturated carbocycles. The van der Waals surface area contributed by atoms with E-state index in [1.807, 2.05) is 0 Å². The Balaban J connectivity index is 1.57. The van der Waals surface area contributed by atoms with Gasteiger partial charge in [0.15, 0.2) is 0 Å². The lowest BCUT2D eigenvalue weighted by Gasteiger charge is -2.14. The highest BCUT2D eigenvalue weighted by Crippen LogP contribution is 2.29. The zero-order valence-electron chi connectivity index (χ0n) is 13.4. The molecule has 1 heterocycles. The van der Waals surface area contributed by atoms with Gasteiger partial charge in [-0.05, 0) is 48.5 Å². The minimum Gasteiger partial charge on any atom is -0.325 e. The molecular weight excluding hydrogens is 379 g/mol. The summed E-state index contributed by atoms with van der Waals surface area (Å²) in [5.74, 6) is -1.46. The fourth-order valence-corrected chi connectivity index (χ4v) is 3.56. The first kappa shape index (κ1) is 18.4. The number of thioether (sulfide) groups is 1. The summed E-state index contributed by atoms with van der Waals surface area (Å²) in [6, 6.07) is 11.8. The average Bonchev–Trinajstić information content (AvgIpc) is 2.90. The van der Waals surface area contributed by atoms with Crippen LogP contribution in [-0.2, 0) is 14.4 Å². The average molecular weight is 393 g/mol. The monoisotopic (exact) mass is 392 g/mol. The lowest BCUT2D eigenvalue weighted by atomic mass is 10.3. The highest BCUT2D eigenvalue weighted by Gasteiger charge is 2.40. The number of carbonyl (C=O) groups excluding carboxylic acids is 3. The number of hydrogen-bond acceptors (Lipinski definition) is 4.